The van der Waals surface area contributed by atoms with Gasteiger partial charge >= 0.3 is 0 Å². The Morgan fingerprint density at radius 3 is 2.33 bits per heavy atom. The van der Waals surface area contributed by atoms with Gasteiger partial charge in [0, 0.05) is 11.5 Å². The van der Waals surface area contributed by atoms with Gasteiger partial charge in [-0.05, 0) is 36.6 Å². The summed E-state index contributed by atoms with van der Waals surface area (Å²) in [6.45, 7) is 5.83. The van der Waals surface area contributed by atoms with E-state index in [2.05, 4.69) is 6.92 Å². The molecule has 0 aliphatic carbocycles. The number of para-hydroxylation sites is 1. The number of benzene rings is 2. The van der Waals surface area contributed by atoms with Crippen LogP contribution in [0, 0.1) is 13.8 Å². The molecule has 2 N–H and O–H groups in total. The van der Waals surface area contributed by atoms with Gasteiger partial charge < -0.3 is 10.2 Å². The van der Waals surface area contributed by atoms with Gasteiger partial charge in [-0.15, -0.1) is 0 Å². The molecule has 2 aromatic rings. The van der Waals surface area contributed by atoms with Crippen molar-refractivity contribution >= 4 is 0 Å². The first-order valence-electron chi connectivity index (χ1n) is 6.08. The topological polar surface area (TPSA) is 40.5 Å². The lowest BCUT2D eigenvalue weighted by Gasteiger charge is -2.16. The first-order chi connectivity index (χ1) is 8.50. The maximum absolute atomic E-state index is 10.1. The van der Waals surface area contributed by atoms with Gasteiger partial charge in [-0.3, -0.25) is 0 Å². The summed E-state index contributed by atoms with van der Waals surface area (Å²) in [6.07, 6.45) is 0. The highest BCUT2D eigenvalue weighted by Gasteiger charge is 2.14. The van der Waals surface area contributed by atoms with Crippen LogP contribution in [0.25, 0.3) is 0 Å². The Bertz CT molecular complexity index is 573. The molecule has 18 heavy (non-hydrogen) atoms. The van der Waals surface area contributed by atoms with Gasteiger partial charge in [0.15, 0.2) is 0 Å². The molecule has 0 saturated carbocycles. The van der Waals surface area contributed by atoms with Gasteiger partial charge in [-0.1, -0.05) is 37.3 Å². The molecule has 2 rings (SSSR count). The summed E-state index contributed by atoms with van der Waals surface area (Å²) < 4.78 is 0. The van der Waals surface area contributed by atoms with Gasteiger partial charge in [-0.2, -0.15) is 0 Å². The van der Waals surface area contributed by atoms with Crippen molar-refractivity contribution < 1.29 is 10.2 Å². The van der Waals surface area contributed by atoms with Crippen molar-refractivity contribution in [3.8, 4) is 11.5 Å². The van der Waals surface area contributed by atoms with Crippen LogP contribution in [0.3, 0.4) is 0 Å². The van der Waals surface area contributed by atoms with Crippen molar-refractivity contribution in [3.63, 3.8) is 0 Å². The highest BCUT2D eigenvalue weighted by atomic mass is 16.3. The maximum atomic E-state index is 10.1. The molecule has 1 atom stereocenters. The molecule has 0 spiro atoms. The number of hydrogen-bond donors (Lipinski definition) is 2. The van der Waals surface area contributed by atoms with Crippen molar-refractivity contribution in [1.82, 2.24) is 0 Å². The molecule has 2 nitrogen and oxygen atoms in total. The fourth-order valence-electron chi connectivity index (χ4n) is 2.16. The van der Waals surface area contributed by atoms with Crippen LogP contribution in [0.1, 0.15) is 35.1 Å². The Hall–Kier alpha value is -1.96. The average molecular weight is 242 g/mol. The lowest BCUT2D eigenvalue weighted by atomic mass is 9.90. The molecule has 0 aliphatic rings. The zero-order valence-corrected chi connectivity index (χ0v) is 10.9. The van der Waals surface area contributed by atoms with Crippen LogP contribution in [-0.2, 0) is 0 Å². The van der Waals surface area contributed by atoms with Crippen LogP contribution in [0.15, 0.2) is 36.4 Å². The van der Waals surface area contributed by atoms with Crippen molar-refractivity contribution in [3.05, 3.63) is 58.7 Å². The lowest BCUT2D eigenvalue weighted by Crippen LogP contribution is -1.98. The summed E-state index contributed by atoms with van der Waals surface area (Å²) in [5.74, 6) is 0.763. The summed E-state index contributed by atoms with van der Waals surface area (Å²) in [7, 11) is 0. The standard InChI is InChI=1S/C16H18O2/c1-10-5-4-6-14(16(10)18)12(3)13-7-8-15(17)11(2)9-13/h4-9,12,17-18H,1-3H3. The largest absolute Gasteiger partial charge is 0.508 e. The first kappa shape index (κ1) is 12.5. The molecular weight excluding hydrogens is 224 g/mol. The second-order valence-corrected chi connectivity index (χ2v) is 4.78. The van der Waals surface area contributed by atoms with Crippen LogP contribution < -0.4 is 0 Å². The molecule has 0 fully saturated rings. The number of aryl methyl sites for hydroxylation is 2. The van der Waals surface area contributed by atoms with Crippen LogP contribution in [0.4, 0.5) is 0 Å². The van der Waals surface area contributed by atoms with Gasteiger partial charge in [0.05, 0.1) is 0 Å². The van der Waals surface area contributed by atoms with Crippen molar-refractivity contribution in [2.45, 2.75) is 26.7 Å². The predicted octanol–water partition coefficient (Wildman–Crippen LogP) is 3.87. The summed E-state index contributed by atoms with van der Waals surface area (Å²) in [5, 5.41) is 19.6. The zero-order valence-electron chi connectivity index (χ0n) is 10.9. The SMILES string of the molecule is Cc1cc(C(C)c2cccc(C)c2O)ccc1O. The Kier molecular flexibility index (Phi) is 3.28. The zero-order chi connectivity index (χ0) is 13.3. The van der Waals surface area contributed by atoms with E-state index in [9.17, 15) is 10.2 Å². The van der Waals surface area contributed by atoms with E-state index >= 15 is 0 Å². The molecule has 2 heteroatoms. The third kappa shape index (κ3) is 2.19. The Morgan fingerprint density at radius 2 is 1.67 bits per heavy atom. The van der Waals surface area contributed by atoms with E-state index in [0.717, 1.165) is 22.3 Å². The second-order valence-electron chi connectivity index (χ2n) is 4.78. The summed E-state index contributed by atoms with van der Waals surface area (Å²) >= 11 is 0. The molecule has 0 bridgehead atoms. The van der Waals surface area contributed by atoms with E-state index < -0.39 is 0 Å². The van der Waals surface area contributed by atoms with Crippen LogP contribution in [0.5, 0.6) is 11.5 Å². The van der Waals surface area contributed by atoms with E-state index in [1.165, 1.54) is 0 Å². The van der Waals surface area contributed by atoms with E-state index in [0.29, 0.717) is 11.5 Å². The summed E-state index contributed by atoms with van der Waals surface area (Å²) in [4.78, 5) is 0. The second kappa shape index (κ2) is 4.73. The third-order valence-electron chi connectivity index (χ3n) is 3.46. The van der Waals surface area contributed by atoms with E-state index in [1.54, 1.807) is 6.07 Å². The molecule has 1 unspecified atom stereocenters. The first-order valence-corrected chi connectivity index (χ1v) is 6.08. The van der Waals surface area contributed by atoms with Gasteiger partial charge in [0.1, 0.15) is 11.5 Å². The van der Waals surface area contributed by atoms with Gasteiger partial charge in [0.25, 0.3) is 0 Å². The molecule has 0 aromatic heterocycles. The number of phenols is 2. The fourth-order valence-corrected chi connectivity index (χ4v) is 2.16. The molecule has 2 aromatic carbocycles. The van der Waals surface area contributed by atoms with Gasteiger partial charge in [-0.25, -0.2) is 0 Å². The average Bonchev–Trinajstić information content (AvgIpc) is 2.35. The van der Waals surface area contributed by atoms with E-state index in [-0.39, 0.29) is 5.92 Å². The van der Waals surface area contributed by atoms with E-state index in [1.807, 2.05) is 44.2 Å². The number of hydrogen-bond acceptors (Lipinski definition) is 2. The normalized spacial score (nSPS) is 12.4. The third-order valence-corrected chi connectivity index (χ3v) is 3.46. The number of aromatic hydroxyl groups is 2. The molecular formula is C16H18O2. The molecule has 0 radical (unpaired) electrons. The van der Waals surface area contributed by atoms with Crippen LogP contribution >= 0.6 is 0 Å². The Labute approximate surface area is 108 Å². The highest BCUT2D eigenvalue weighted by molar-refractivity contribution is 5.47. The number of rotatable bonds is 2. The van der Waals surface area contributed by atoms with Gasteiger partial charge in [0.2, 0.25) is 0 Å². The minimum atomic E-state index is 0.101. The fraction of sp³-hybridized carbons (Fsp3) is 0.250. The van der Waals surface area contributed by atoms with Crippen molar-refractivity contribution in [1.29, 1.82) is 0 Å². The van der Waals surface area contributed by atoms with Crippen LogP contribution in [0.2, 0.25) is 0 Å². The molecule has 0 amide bonds. The number of phenolic OH excluding ortho intramolecular Hbond substituents is 2. The highest BCUT2D eigenvalue weighted by Crippen LogP contribution is 2.34. The Balaban J connectivity index is 2.44. The molecule has 0 heterocycles. The molecule has 94 valence electrons. The van der Waals surface area contributed by atoms with E-state index in [4.69, 9.17) is 0 Å². The quantitative estimate of drug-likeness (QED) is 0.839. The summed E-state index contributed by atoms with van der Waals surface area (Å²) in [6, 6.07) is 11.3. The maximum Gasteiger partial charge on any atom is 0.122 e. The smallest absolute Gasteiger partial charge is 0.122 e. The minimum absolute atomic E-state index is 0.101. The molecule has 0 aliphatic heterocycles. The monoisotopic (exact) mass is 242 g/mol. The van der Waals surface area contributed by atoms with Crippen molar-refractivity contribution in [2.24, 2.45) is 0 Å². The Morgan fingerprint density at radius 1 is 0.944 bits per heavy atom. The van der Waals surface area contributed by atoms with Crippen molar-refractivity contribution in [2.75, 3.05) is 0 Å². The summed E-state index contributed by atoms with van der Waals surface area (Å²) in [5.41, 5.74) is 3.74. The molecule has 0 saturated heterocycles. The lowest BCUT2D eigenvalue weighted by molar-refractivity contribution is 0.461. The predicted molar refractivity (Wildman–Crippen MR) is 73.2 cm³/mol. The van der Waals surface area contributed by atoms with Crippen LogP contribution in [-0.4, -0.2) is 10.2 Å². The minimum Gasteiger partial charge on any atom is -0.508 e.